The average Bonchev–Trinajstić information content (AvgIpc) is 3.22. The van der Waals surface area contributed by atoms with E-state index in [2.05, 4.69) is 24.1 Å². The molecule has 0 aromatic carbocycles. The zero-order valence-corrected chi connectivity index (χ0v) is 13.2. The molecule has 0 unspecified atom stereocenters. The second kappa shape index (κ2) is 6.90. The molecule has 4 heteroatoms. The summed E-state index contributed by atoms with van der Waals surface area (Å²) in [6, 6.07) is 1.26. The molecule has 116 valence electrons. The fourth-order valence-corrected chi connectivity index (χ4v) is 3.12. The Labute approximate surface area is 123 Å². The number of carbonyl (C=O) groups excluding carboxylic acids is 1. The number of nitrogens with zero attached hydrogens (tertiary/aromatic N) is 1. The minimum atomic E-state index is 0.182. The molecule has 0 spiro atoms. The second-order valence-corrected chi connectivity index (χ2v) is 7.31. The monoisotopic (exact) mass is 281 g/mol. The Hall–Kier alpha value is -0.610. The van der Waals surface area contributed by atoms with Gasteiger partial charge >= 0.3 is 0 Å². The van der Waals surface area contributed by atoms with Gasteiger partial charge < -0.3 is 16.0 Å². The molecule has 2 rings (SSSR count). The summed E-state index contributed by atoms with van der Waals surface area (Å²) >= 11 is 0. The van der Waals surface area contributed by atoms with Crippen LogP contribution in [0.2, 0.25) is 0 Å². The van der Waals surface area contributed by atoms with E-state index in [-0.39, 0.29) is 11.3 Å². The van der Waals surface area contributed by atoms with Gasteiger partial charge in [0.05, 0.1) is 0 Å². The first kappa shape index (κ1) is 15.8. The van der Waals surface area contributed by atoms with Crippen LogP contribution in [0, 0.1) is 5.41 Å². The van der Waals surface area contributed by atoms with E-state index in [1.165, 1.54) is 12.8 Å². The van der Waals surface area contributed by atoms with Gasteiger partial charge in [-0.1, -0.05) is 13.8 Å². The third-order valence-electron chi connectivity index (χ3n) is 4.81. The molecule has 2 fully saturated rings. The van der Waals surface area contributed by atoms with Crippen molar-refractivity contribution in [2.75, 3.05) is 19.6 Å². The minimum absolute atomic E-state index is 0.182. The van der Waals surface area contributed by atoms with Crippen LogP contribution in [0.1, 0.15) is 58.8 Å². The molecule has 1 aliphatic carbocycles. The third-order valence-corrected chi connectivity index (χ3v) is 4.81. The van der Waals surface area contributed by atoms with E-state index in [1.54, 1.807) is 0 Å². The quantitative estimate of drug-likeness (QED) is 0.749. The highest BCUT2D eigenvalue weighted by atomic mass is 16.1. The van der Waals surface area contributed by atoms with Crippen LogP contribution in [0.25, 0.3) is 0 Å². The van der Waals surface area contributed by atoms with Gasteiger partial charge in [0, 0.05) is 31.6 Å². The van der Waals surface area contributed by atoms with Crippen molar-refractivity contribution >= 4 is 5.91 Å². The molecule has 1 saturated carbocycles. The second-order valence-electron chi connectivity index (χ2n) is 7.31. The van der Waals surface area contributed by atoms with E-state index >= 15 is 0 Å². The highest BCUT2D eigenvalue weighted by molar-refractivity contribution is 5.76. The van der Waals surface area contributed by atoms with Gasteiger partial charge in [0.25, 0.3) is 0 Å². The standard InChI is InChI=1S/C16H31N3O/c1-16(2,9-10-17)8-5-15(20)18-13-6-11-19(12-7-13)14-3-4-14/h13-14H,3-12,17H2,1-2H3,(H,18,20). The van der Waals surface area contributed by atoms with Gasteiger partial charge in [-0.05, 0) is 50.5 Å². The molecule has 2 aliphatic rings. The van der Waals surface area contributed by atoms with Crippen molar-refractivity contribution < 1.29 is 4.79 Å². The smallest absolute Gasteiger partial charge is 0.220 e. The Bertz CT molecular complexity index is 318. The van der Waals surface area contributed by atoms with E-state index in [9.17, 15) is 4.79 Å². The highest BCUT2D eigenvalue weighted by Crippen LogP contribution is 2.29. The van der Waals surface area contributed by atoms with Crippen LogP contribution >= 0.6 is 0 Å². The molecule has 0 radical (unpaired) electrons. The molecular formula is C16H31N3O. The van der Waals surface area contributed by atoms with Crippen molar-refractivity contribution in [1.29, 1.82) is 0 Å². The first-order valence-corrected chi connectivity index (χ1v) is 8.24. The summed E-state index contributed by atoms with van der Waals surface area (Å²) in [4.78, 5) is 14.6. The van der Waals surface area contributed by atoms with Gasteiger partial charge in [-0.25, -0.2) is 0 Å². The van der Waals surface area contributed by atoms with Gasteiger partial charge in [-0.15, -0.1) is 0 Å². The van der Waals surface area contributed by atoms with E-state index in [1.807, 2.05) is 0 Å². The Morgan fingerprint density at radius 3 is 2.40 bits per heavy atom. The number of amides is 1. The number of nitrogens with two attached hydrogens (primary N) is 1. The fraction of sp³-hybridized carbons (Fsp3) is 0.938. The predicted molar refractivity (Wildman–Crippen MR) is 82.4 cm³/mol. The van der Waals surface area contributed by atoms with E-state index in [4.69, 9.17) is 5.73 Å². The lowest BCUT2D eigenvalue weighted by Crippen LogP contribution is -2.45. The first-order valence-electron chi connectivity index (χ1n) is 8.24. The summed E-state index contributed by atoms with van der Waals surface area (Å²) in [6.07, 6.45) is 7.55. The normalized spacial score (nSPS) is 21.9. The number of likely N-dealkylation sites (tertiary alicyclic amines) is 1. The lowest BCUT2D eigenvalue weighted by Gasteiger charge is -2.32. The van der Waals surface area contributed by atoms with E-state index in [0.717, 1.165) is 44.8 Å². The van der Waals surface area contributed by atoms with Crippen LogP contribution in [0.4, 0.5) is 0 Å². The zero-order chi connectivity index (χ0) is 14.6. The van der Waals surface area contributed by atoms with Gasteiger partial charge in [0.2, 0.25) is 5.91 Å². The number of hydrogen-bond acceptors (Lipinski definition) is 3. The SMILES string of the molecule is CC(C)(CCN)CCC(=O)NC1CCN(C2CC2)CC1. The van der Waals surface area contributed by atoms with Gasteiger partial charge in [0.1, 0.15) is 0 Å². The van der Waals surface area contributed by atoms with Crippen LogP contribution in [-0.4, -0.2) is 42.5 Å². The molecule has 1 heterocycles. The van der Waals surface area contributed by atoms with Crippen LogP contribution in [0.3, 0.4) is 0 Å². The molecule has 3 N–H and O–H groups in total. The molecule has 0 bridgehead atoms. The molecule has 1 amide bonds. The Balaban J connectivity index is 1.62. The fourth-order valence-electron chi connectivity index (χ4n) is 3.12. The molecule has 1 saturated heterocycles. The number of carbonyl (C=O) groups is 1. The van der Waals surface area contributed by atoms with E-state index in [0.29, 0.717) is 19.0 Å². The topological polar surface area (TPSA) is 58.4 Å². The number of rotatable bonds is 7. The third kappa shape index (κ3) is 5.06. The lowest BCUT2D eigenvalue weighted by atomic mass is 9.84. The number of nitrogens with one attached hydrogen (secondary N) is 1. The molecule has 0 aromatic rings. The molecule has 4 nitrogen and oxygen atoms in total. The summed E-state index contributed by atoms with van der Waals surface area (Å²) < 4.78 is 0. The summed E-state index contributed by atoms with van der Waals surface area (Å²) in [5.41, 5.74) is 5.79. The van der Waals surface area contributed by atoms with Gasteiger partial charge in [-0.3, -0.25) is 4.79 Å². The zero-order valence-electron chi connectivity index (χ0n) is 13.2. The summed E-state index contributed by atoms with van der Waals surface area (Å²) in [6.45, 7) is 7.42. The molecule has 0 aromatic heterocycles. The average molecular weight is 281 g/mol. The Morgan fingerprint density at radius 1 is 1.20 bits per heavy atom. The summed E-state index contributed by atoms with van der Waals surface area (Å²) in [5, 5.41) is 3.22. The summed E-state index contributed by atoms with van der Waals surface area (Å²) in [7, 11) is 0. The largest absolute Gasteiger partial charge is 0.353 e. The van der Waals surface area contributed by atoms with E-state index < -0.39 is 0 Å². The summed E-state index contributed by atoms with van der Waals surface area (Å²) in [5.74, 6) is 0.222. The maximum absolute atomic E-state index is 12.0. The maximum atomic E-state index is 12.0. The Morgan fingerprint density at radius 2 is 1.85 bits per heavy atom. The number of piperidine rings is 1. The lowest BCUT2D eigenvalue weighted by molar-refractivity contribution is -0.122. The van der Waals surface area contributed by atoms with Crippen LogP contribution < -0.4 is 11.1 Å². The van der Waals surface area contributed by atoms with Crippen LogP contribution in [0.15, 0.2) is 0 Å². The van der Waals surface area contributed by atoms with Crippen molar-refractivity contribution in [1.82, 2.24) is 10.2 Å². The highest BCUT2D eigenvalue weighted by Gasteiger charge is 2.32. The maximum Gasteiger partial charge on any atom is 0.220 e. The van der Waals surface area contributed by atoms with Crippen molar-refractivity contribution in [2.24, 2.45) is 11.1 Å². The molecular weight excluding hydrogens is 250 g/mol. The van der Waals surface area contributed by atoms with Gasteiger partial charge in [0.15, 0.2) is 0 Å². The Kier molecular flexibility index (Phi) is 5.44. The number of hydrogen-bond donors (Lipinski definition) is 2. The molecule has 20 heavy (non-hydrogen) atoms. The van der Waals surface area contributed by atoms with Gasteiger partial charge in [-0.2, -0.15) is 0 Å². The van der Waals surface area contributed by atoms with Crippen molar-refractivity contribution in [3.05, 3.63) is 0 Å². The van der Waals surface area contributed by atoms with Crippen LogP contribution in [0.5, 0.6) is 0 Å². The van der Waals surface area contributed by atoms with Crippen molar-refractivity contribution in [3.8, 4) is 0 Å². The molecule has 1 aliphatic heterocycles. The first-order chi connectivity index (χ1) is 9.50. The molecule has 0 atom stereocenters. The van der Waals surface area contributed by atoms with Crippen molar-refractivity contribution in [3.63, 3.8) is 0 Å². The van der Waals surface area contributed by atoms with Crippen molar-refractivity contribution in [2.45, 2.75) is 70.9 Å². The minimum Gasteiger partial charge on any atom is -0.353 e. The predicted octanol–water partition coefficient (Wildman–Crippen LogP) is 1.88. The van der Waals surface area contributed by atoms with Crippen LogP contribution in [-0.2, 0) is 4.79 Å².